The molecule has 0 bridgehead atoms. The van der Waals surface area contributed by atoms with Crippen molar-refractivity contribution < 1.29 is 4.74 Å². The van der Waals surface area contributed by atoms with Crippen molar-refractivity contribution in [3.63, 3.8) is 0 Å². The normalized spacial score (nSPS) is 14.3. The van der Waals surface area contributed by atoms with Gasteiger partial charge in [0.05, 0.1) is 17.6 Å². The van der Waals surface area contributed by atoms with E-state index in [2.05, 4.69) is 76.3 Å². The van der Waals surface area contributed by atoms with Crippen molar-refractivity contribution in [2.24, 2.45) is 5.92 Å². The molecular weight excluding hydrogens is 526 g/mol. The summed E-state index contributed by atoms with van der Waals surface area (Å²) < 4.78 is 6.23. The number of piperidine rings is 1. The first-order valence-electron chi connectivity index (χ1n) is 14.9. The molecule has 218 valence electrons. The molecule has 0 spiro atoms. The predicted octanol–water partition coefficient (Wildman–Crippen LogP) is 5.33. The van der Waals surface area contributed by atoms with Gasteiger partial charge in [-0.2, -0.15) is 5.10 Å². The lowest BCUT2D eigenvalue weighted by Gasteiger charge is -2.32. The maximum atomic E-state index is 6.23. The van der Waals surface area contributed by atoms with Crippen LogP contribution < -0.4 is 20.7 Å². The minimum Gasteiger partial charge on any atom is -0.493 e. The Morgan fingerprint density at radius 3 is 2.64 bits per heavy atom. The Labute approximate surface area is 246 Å². The summed E-state index contributed by atoms with van der Waals surface area (Å²) in [5, 5.41) is 19.7. The van der Waals surface area contributed by atoms with E-state index in [-0.39, 0.29) is 0 Å². The molecule has 0 aliphatic carbocycles. The zero-order valence-electron chi connectivity index (χ0n) is 24.1. The highest BCUT2D eigenvalue weighted by Crippen LogP contribution is 2.26. The van der Waals surface area contributed by atoms with Gasteiger partial charge in [-0.25, -0.2) is 9.97 Å². The van der Waals surface area contributed by atoms with Gasteiger partial charge in [0, 0.05) is 66.7 Å². The lowest BCUT2D eigenvalue weighted by Crippen LogP contribution is -2.38. The number of benzene rings is 2. The smallest absolute Gasteiger partial charge is 0.148 e. The zero-order valence-corrected chi connectivity index (χ0v) is 24.1. The number of H-pyrrole nitrogens is 1. The van der Waals surface area contributed by atoms with Crippen molar-refractivity contribution in [2.75, 3.05) is 61.8 Å². The summed E-state index contributed by atoms with van der Waals surface area (Å²) in [6, 6.07) is 18.4. The van der Waals surface area contributed by atoms with Crippen LogP contribution in [0.3, 0.4) is 0 Å². The predicted molar refractivity (Wildman–Crippen MR) is 169 cm³/mol. The van der Waals surface area contributed by atoms with Crippen LogP contribution in [0.1, 0.15) is 25.0 Å². The second-order valence-electron chi connectivity index (χ2n) is 10.9. The number of hydrogen-bond donors (Lipinski definition) is 4. The van der Waals surface area contributed by atoms with Gasteiger partial charge < -0.3 is 25.6 Å². The third kappa shape index (κ3) is 7.06. The van der Waals surface area contributed by atoms with Crippen LogP contribution in [0.2, 0.25) is 0 Å². The van der Waals surface area contributed by atoms with Gasteiger partial charge in [-0.3, -0.25) is 10.1 Å². The third-order valence-electron chi connectivity index (χ3n) is 7.85. The van der Waals surface area contributed by atoms with Gasteiger partial charge in [-0.1, -0.05) is 18.2 Å². The molecule has 4 heterocycles. The fourth-order valence-electron chi connectivity index (χ4n) is 5.48. The number of nitrogens with zero attached hydrogens (tertiary/aromatic N) is 5. The van der Waals surface area contributed by atoms with Crippen LogP contribution in [0.25, 0.3) is 21.8 Å². The summed E-state index contributed by atoms with van der Waals surface area (Å²) in [5.74, 6) is 3.15. The monoisotopic (exact) mass is 565 g/mol. The quantitative estimate of drug-likeness (QED) is 0.141. The summed E-state index contributed by atoms with van der Waals surface area (Å²) in [6.45, 7) is 8.52. The minimum absolute atomic E-state index is 0.565. The molecule has 42 heavy (non-hydrogen) atoms. The molecule has 5 aromatic rings. The molecule has 10 heteroatoms. The molecule has 0 radical (unpaired) electrons. The van der Waals surface area contributed by atoms with Gasteiger partial charge in [0.25, 0.3) is 0 Å². The molecule has 4 N–H and O–H groups in total. The Kier molecular flexibility index (Phi) is 8.90. The molecule has 2 aromatic carbocycles. The molecule has 0 unspecified atom stereocenters. The zero-order chi connectivity index (χ0) is 28.6. The van der Waals surface area contributed by atoms with Gasteiger partial charge >= 0.3 is 0 Å². The summed E-state index contributed by atoms with van der Waals surface area (Å²) >= 11 is 0. The molecule has 0 saturated carbocycles. The van der Waals surface area contributed by atoms with Crippen molar-refractivity contribution in [3.8, 4) is 5.75 Å². The molecule has 0 atom stereocenters. The van der Waals surface area contributed by atoms with Crippen LogP contribution >= 0.6 is 0 Å². The van der Waals surface area contributed by atoms with Crippen molar-refractivity contribution in [1.29, 1.82) is 0 Å². The molecule has 6 rings (SSSR count). The summed E-state index contributed by atoms with van der Waals surface area (Å²) in [7, 11) is 0. The van der Waals surface area contributed by atoms with E-state index >= 15 is 0 Å². The summed E-state index contributed by atoms with van der Waals surface area (Å²) in [4.78, 5) is 16.0. The standard InChI is InChI=1S/C32H39N9O/c1-23-19-31(40-39-23)35-12-4-13-36-32-27-8-7-25(20-30(27)37-22-38-32)42-21-24-10-16-41(17-11-24)18-15-34-29-9-14-33-28-6-3-2-5-26(28)29/h2-3,5-9,14,19-20,22,24H,4,10-13,15-18,21H2,1H3,(H,33,34)(H2,35,39,40)(H,36,37,38). The first-order chi connectivity index (χ1) is 20.7. The highest BCUT2D eigenvalue weighted by Gasteiger charge is 2.19. The molecule has 1 aliphatic rings. The fourth-order valence-corrected chi connectivity index (χ4v) is 5.48. The van der Waals surface area contributed by atoms with E-state index in [9.17, 15) is 0 Å². The van der Waals surface area contributed by atoms with Gasteiger partial charge in [-0.05, 0) is 69.5 Å². The molecule has 10 nitrogen and oxygen atoms in total. The first-order valence-corrected chi connectivity index (χ1v) is 14.9. The van der Waals surface area contributed by atoms with E-state index in [1.54, 1.807) is 6.33 Å². The Hall–Kier alpha value is -4.44. The number of aromatic nitrogens is 5. The second-order valence-corrected chi connectivity index (χ2v) is 10.9. The van der Waals surface area contributed by atoms with Gasteiger partial charge in [0.1, 0.15) is 23.7 Å². The maximum Gasteiger partial charge on any atom is 0.148 e. The topological polar surface area (TPSA) is 116 Å². The van der Waals surface area contributed by atoms with E-state index in [1.165, 1.54) is 5.39 Å². The number of anilines is 3. The molecule has 1 aliphatic heterocycles. The Morgan fingerprint density at radius 2 is 1.76 bits per heavy atom. The highest BCUT2D eigenvalue weighted by molar-refractivity contribution is 5.91. The van der Waals surface area contributed by atoms with Crippen molar-refractivity contribution >= 4 is 39.1 Å². The second kappa shape index (κ2) is 13.5. The fraction of sp³-hybridized carbons (Fsp3) is 0.375. The number of hydrogen-bond acceptors (Lipinski definition) is 9. The van der Waals surface area contributed by atoms with Crippen molar-refractivity contribution in [3.05, 3.63) is 72.8 Å². The number of para-hydroxylation sites is 1. The van der Waals surface area contributed by atoms with Crippen LogP contribution in [0, 0.1) is 12.8 Å². The van der Waals surface area contributed by atoms with E-state index in [0.717, 1.165) is 110 Å². The average Bonchev–Trinajstić information content (AvgIpc) is 3.45. The van der Waals surface area contributed by atoms with E-state index < -0.39 is 0 Å². The molecule has 3 aromatic heterocycles. The largest absolute Gasteiger partial charge is 0.493 e. The van der Waals surface area contributed by atoms with Crippen LogP contribution in [0.4, 0.5) is 17.3 Å². The number of likely N-dealkylation sites (tertiary alicyclic amines) is 1. The van der Waals surface area contributed by atoms with Crippen LogP contribution in [-0.2, 0) is 0 Å². The van der Waals surface area contributed by atoms with Gasteiger partial charge in [-0.15, -0.1) is 0 Å². The van der Waals surface area contributed by atoms with Crippen LogP contribution in [0.5, 0.6) is 5.75 Å². The van der Waals surface area contributed by atoms with E-state index in [1.807, 2.05) is 37.4 Å². The number of pyridine rings is 1. The minimum atomic E-state index is 0.565. The van der Waals surface area contributed by atoms with Crippen molar-refractivity contribution in [2.45, 2.75) is 26.2 Å². The average molecular weight is 566 g/mol. The first kappa shape index (κ1) is 27.7. The number of rotatable bonds is 13. The van der Waals surface area contributed by atoms with Crippen LogP contribution in [0.15, 0.2) is 67.1 Å². The molecular formula is C32H39N9O. The molecule has 0 amide bonds. The number of aryl methyl sites for hydroxylation is 1. The summed E-state index contributed by atoms with van der Waals surface area (Å²) in [6.07, 6.45) is 6.73. The molecule has 1 fully saturated rings. The number of fused-ring (bicyclic) bond motifs is 2. The summed E-state index contributed by atoms with van der Waals surface area (Å²) in [5.41, 5.74) is 4.12. The van der Waals surface area contributed by atoms with E-state index in [0.29, 0.717) is 5.92 Å². The Balaban J connectivity index is 0.916. The van der Waals surface area contributed by atoms with Crippen LogP contribution in [-0.4, -0.2) is 75.9 Å². The lowest BCUT2D eigenvalue weighted by molar-refractivity contribution is 0.145. The number of nitrogens with one attached hydrogen (secondary N) is 4. The molecule has 1 saturated heterocycles. The maximum absolute atomic E-state index is 6.23. The van der Waals surface area contributed by atoms with Crippen molar-refractivity contribution in [1.82, 2.24) is 30.0 Å². The lowest BCUT2D eigenvalue weighted by atomic mass is 9.98. The van der Waals surface area contributed by atoms with E-state index in [4.69, 9.17) is 4.74 Å². The third-order valence-corrected chi connectivity index (χ3v) is 7.85. The number of aromatic amines is 1. The van der Waals surface area contributed by atoms with Gasteiger partial charge in [0.2, 0.25) is 0 Å². The Bertz CT molecular complexity index is 1590. The SMILES string of the molecule is Cc1cc(NCCCNc2ncnc3cc(OCC4CCN(CCNc5ccnc6ccccc56)CC4)ccc23)n[nH]1. The number of ether oxygens (including phenoxy) is 1. The Morgan fingerprint density at radius 1 is 0.881 bits per heavy atom. The van der Waals surface area contributed by atoms with Gasteiger partial charge in [0.15, 0.2) is 0 Å². The highest BCUT2D eigenvalue weighted by atomic mass is 16.5.